The van der Waals surface area contributed by atoms with Gasteiger partial charge in [0.15, 0.2) is 16.4 Å². The molecule has 2 aromatic rings. The Balaban J connectivity index is 1.68. The number of oxazole rings is 1. The number of hydrogen-bond acceptors (Lipinski definition) is 7. The standard InChI is InChI=1S/C16H16ClN3O4S/c1-10-6-12(2-3-13(10)17)23-8-15-20-14(7-18)16(24-15)19-11-4-5-25(21,22)9-11/h2-3,6,11,19H,4-5,8-9H2,1H3/t11-/m1/s1. The van der Waals surface area contributed by atoms with Gasteiger partial charge in [-0.1, -0.05) is 11.6 Å². The van der Waals surface area contributed by atoms with Gasteiger partial charge in [-0.05, 0) is 37.1 Å². The molecule has 0 aliphatic carbocycles. The second-order valence-corrected chi connectivity index (χ2v) is 8.48. The third-order valence-electron chi connectivity index (χ3n) is 3.84. The predicted octanol–water partition coefficient (Wildman–Crippen LogP) is 2.69. The van der Waals surface area contributed by atoms with Gasteiger partial charge in [0.2, 0.25) is 17.5 Å². The van der Waals surface area contributed by atoms with Crippen LogP contribution in [0.2, 0.25) is 5.02 Å². The first-order valence-electron chi connectivity index (χ1n) is 7.62. The van der Waals surface area contributed by atoms with E-state index in [-0.39, 0.29) is 41.6 Å². The highest BCUT2D eigenvalue weighted by molar-refractivity contribution is 7.91. The minimum absolute atomic E-state index is 0.0223. The van der Waals surface area contributed by atoms with Crippen molar-refractivity contribution in [2.24, 2.45) is 0 Å². The number of aromatic nitrogens is 1. The number of anilines is 1. The van der Waals surface area contributed by atoms with Crippen molar-refractivity contribution < 1.29 is 17.6 Å². The summed E-state index contributed by atoms with van der Waals surface area (Å²) in [5.41, 5.74) is 0.962. The molecular formula is C16H16ClN3O4S. The first kappa shape index (κ1) is 17.6. The number of ether oxygens (including phenoxy) is 1. The molecule has 7 nitrogen and oxygen atoms in total. The Hall–Kier alpha value is -2.24. The van der Waals surface area contributed by atoms with Gasteiger partial charge in [0.25, 0.3) is 0 Å². The van der Waals surface area contributed by atoms with Crippen molar-refractivity contribution in [2.75, 3.05) is 16.8 Å². The lowest BCUT2D eigenvalue weighted by Gasteiger charge is -2.08. The summed E-state index contributed by atoms with van der Waals surface area (Å²) < 4.78 is 34.2. The summed E-state index contributed by atoms with van der Waals surface area (Å²) in [5.74, 6) is 1.17. The molecule has 0 spiro atoms. The highest BCUT2D eigenvalue weighted by Crippen LogP contribution is 2.24. The highest BCUT2D eigenvalue weighted by Gasteiger charge is 2.29. The third kappa shape index (κ3) is 4.24. The molecular weight excluding hydrogens is 366 g/mol. The molecule has 9 heteroatoms. The zero-order chi connectivity index (χ0) is 18.0. The smallest absolute Gasteiger partial charge is 0.236 e. The van der Waals surface area contributed by atoms with Crippen molar-refractivity contribution in [3.05, 3.63) is 40.4 Å². The van der Waals surface area contributed by atoms with Gasteiger partial charge in [0.1, 0.15) is 11.8 Å². The highest BCUT2D eigenvalue weighted by atomic mass is 35.5. The van der Waals surface area contributed by atoms with Crippen LogP contribution in [-0.2, 0) is 16.4 Å². The van der Waals surface area contributed by atoms with Gasteiger partial charge in [-0.3, -0.25) is 0 Å². The Bertz CT molecular complexity index is 933. The molecule has 2 heterocycles. The second kappa shape index (κ2) is 6.94. The number of sulfone groups is 1. The van der Waals surface area contributed by atoms with Crippen LogP contribution < -0.4 is 10.1 Å². The summed E-state index contributed by atoms with van der Waals surface area (Å²) in [4.78, 5) is 4.07. The van der Waals surface area contributed by atoms with Gasteiger partial charge in [-0.15, -0.1) is 0 Å². The molecule has 1 aliphatic heterocycles. The average molecular weight is 382 g/mol. The summed E-state index contributed by atoms with van der Waals surface area (Å²) in [6, 6.07) is 6.91. The Kier molecular flexibility index (Phi) is 4.88. The lowest BCUT2D eigenvalue weighted by Crippen LogP contribution is -2.20. The molecule has 1 aromatic carbocycles. The van der Waals surface area contributed by atoms with Crippen LogP contribution in [0.25, 0.3) is 0 Å². The predicted molar refractivity (Wildman–Crippen MR) is 92.4 cm³/mol. The van der Waals surface area contributed by atoms with E-state index in [4.69, 9.17) is 20.8 Å². The molecule has 1 fully saturated rings. The number of nitrogens with one attached hydrogen (secondary N) is 1. The number of benzene rings is 1. The Morgan fingerprint density at radius 2 is 2.32 bits per heavy atom. The third-order valence-corrected chi connectivity index (χ3v) is 6.03. The summed E-state index contributed by atoms with van der Waals surface area (Å²) in [6.07, 6.45) is 0.476. The molecule has 0 saturated carbocycles. The fourth-order valence-corrected chi connectivity index (χ4v) is 4.34. The molecule has 1 aliphatic rings. The summed E-state index contributed by atoms with van der Waals surface area (Å²) in [6.45, 7) is 1.91. The van der Waals surface area contributed by atoms with E-state index in [1.807, 2.05) is 13.0 Å². The zero-order valence-electron chi connectivity index (χ0n) is 13.5. The van der Waals surface area contributed by atoms with Crippen LogP contribution in [0.3, 0.4) is 0 Å². The number of nitriles is 1. The minimum atomic E-state index is -3.03. The van der Waals surface area contributed by atoms with Crippen molar-refractivity contribution in [2.45, 2.75) is 26.0 Å². The Labute approximate surface area is 150 Å². The van der Waals surface area contributed by atoms with Crippen molar-refractivity contribution >= 4 is 27.3 Å². The second-order valence-electron chi connectivity index (χ2n) is 5.84. The largest absolute Gasteiger partial charge is 0.484 e. The van der Waals surface area contributed by atoms with Crippen molar-refractivity contribution in [3.63, 3.8) is 0 Å². The lowest BCUT2D eigenvalue weighted by atomic mass is 10.2. The van der Waals surface area contributed by atoms with Crippen LogP contribution in [0.4, 0.5) is 5.88 Å². The molecule has 0 amide bonds. The monoisotopic (exact) mass is 381 g/mol. The summed E-state index contributed by atoms with van der Waals surface area (Å²) in [5, 5.41) is 12.8. The van der Waals surface area contributed by atoms with Crippen LogP contribution >= 0.6 is 11.6 Å². The molecule has 3 rings (SSSR count). The summed E-state index contributed by atoms with van der Waals surface area (Å²) in [7, 11) is -3.03. The van der Waals surface area contributed by atoms with E-state index in [1.165, 1.54) is 0 Å². The van der Waals surface area contributed by atoms with Gasteiger partial charge in [-0.2, -0.15) is 10.2 Å². The number of halogens is 1. The van der Waals surface area contributed by atoms with E-state index in [9.17, 15) is 13.7 Å². The topological polar surface area (TPSA) is 105 Å². The van der Waals surface area contributed by atoms with Crippen LogP contribution in [0.1, 0.15) is 23.6 Å². The maximum Gasteiger partial charge on any atom is 0.236 e. The molecule has 25 heavy (non-hydrogen) atoms. The van der Waals surface area contributed by atoms with E-state index < -0.39 is 9.84 Å². The fourth-order valence-electron chi connectivity index (χ4n) is 2.55. The number of nitrogens with zero attached hydrogens (tertiary/aromatic N) is 2. The minimum Gasteiger partial charge on any atom is -0.484 e. The first-order chi connectivity index (χ1) is 11.9. The fraction of sp³-hybridized carbons (Fsp3) is 0.375. The van der Waals surface area contributed by atoms with Crippen LogP contribution in [0.15, 0.2) is 22.6 Å². The van der Waals surface area contributed by atoms with Crippen molar-refractivity contribution in [3.8, 4) is 11.8 Å². The van der Waals surface area contributed by atoms with Gasteiger partial charge in [0.05, 0.1) is 11.5 Å². The molecule has 1 saturated heterocycles. The molecule has 1 aromatic heterocycles. The first-order valence-corrected chi connectivity index (χ1v) is 9.82. The maximum atomic E-state index is 11.5. The normalized spacial score (nSPS) is 18.7. The maximum absolute atomic E-state index is 11.5. The molecule has 1 N–H and O–H groups in total. The molecule has 0 unspecified atom stereocenters. The van der Waals surface area contributed by atoms with Crippen molar-refractivity contribution in [1.29, 1.82) is 5.26 Å². The van der Waals surface area contributed by atoms with E-state index in [1.54, 1.807) is 18.2 Å². The van der Waals surface area contributed by atoms with E-state index in [0.717, 1.165) is 5.56 Å². The SMILES string of the molecule is Cc1cc(OCc2nc(C#N)c(N[C@@H]3CCS(=O)(=O)C3)o2)ccc1Cl. The quantitative estimate of drug-likeness (QED) is 0.848. The van der Waals surface area contributed by atoms with Crippen molar-refractivity contribution in [1.82, 2.24) is 4.98 Å². The van der Waals surface area contributed by atoms with Gasteiger partial charge in [0, 0.05) is 11.1 Å². The number of aryl methyl sites for hydroxylation is 1. The average Bonchev–Trinajstić information content (AvgIpc) is 3.11. The number of rotatable bonds is 5. The molecule has 1 atom stereocenters. The van der Waals surface area contributed by atoms with Crippen LogP contribution in [-0.4, -0.2) is 30.9 Å². The van der Waals surface area contributed by atoms with Gasteiger partial charge >= 0.3 is 0 Å². The zero-order valence-corrected chi connectivity index (χ0v) is 15.0. The van der Waals surface area contributed by atoms with E-state index in [2.05, 4.69) is 10.3 Å². The van der Waals surface area contributed by atoms with Gasteiger partial charge < -0.3 is 14.5 Å². The van der Waals surface area contributed by atoms with E-state index >= 15 is 0 Å². The Morgan fingerprint density at radius 1 is 1.52 bits per heavy atom. The Morgan fingerprint density at radius 3 is 2.96 bits per heavy atom. The molecule has 132 valence electrons. The molecule has 0 radical (unpaired) electrons. The van der Waals surface area contributed by atoms with Crippen LogP contribution in [0.5, 0.6) is 5.75 Å². The number of hydrogen-bond donors (Lipinski definition) is 1. The summed E-state index contributed by atoms with van der Waals surface area (Å²) >= 11 is 5.97. The van der Waals surface area contributed by atoms with E-state index in [0.29, 0.717) is 17.2 Å². The molecule has 0 bridgehead atoms. The lowest BCUT2D eigenvalue weighted by molar-refractivity contribution is 0.264. The van der Waals surface area contributed by atoms with Gasteiger partial charge in [-0.25, -0.2) is 8.42 Å². The van der Waals surface area contributed by atoms with Crippen LogP contribution in [0, 0.1) is 18.3 Å².